The van der Waals surface area contributed by atoms with Gasteiger partial charge in [0.15, 0.2) is 0 Å². The summed E-state index contributed by atoms with van der Waals surface area (Å²) in [6.07, 6.45) is 0.882. The van der Waals surface area contributed by atoms with E-state index >= 15 is 0 Å². The lowest BCUT2D eigenvalue weighted by Gasteiger charge is -2.27. The van der Waals surface area contributed by atoms with E-state index in [0.717, 1.165) is 28.8 Å². The second kappa shape index (κ2) is 6.39. The van der Waals surface area contributed by atoms with Gasteiger partial charge in [0, 0.05) is 36.1 Å². The van der Waals surface area contributed by atoms with Crippen molar-refractivity contribution >= 4 is 21.8 Å². The maximum atomic E-state index is 11.8. The summed E-state index contributed by atoms with van der Waals surface area (Å²) in [5, 5.41) is 3.33. The summed E-state index contributed by atoms with van der Waals surface area (Å²) >= 11 is 3.47. The predicted octanol–water partition coefficient (Wildman–Crippen LogP) is 2.34. The molecule has 19 heavy (non-hydrogen) atoms. The van der Waals surface area contributed by atoms with Gasteiger partial charge in [0.05, 0.1) is 13.2 Å². The highest BCUT2D eigenvalue weighted by Crippen LogP contribution is 2.33. The number of rotatable bonds is 4. The Bertz CT molecular complexity index is 465. The topological polar surface area (TPSA) is 41.6 Å². The molecule has 1 aliphatic rings. The van der Waals surface area contributed by atoms with Gasteiger partial charge in [0.25, 0.3) is 0 Å². The Morgan fingerprint density at radius 1 is 1.58 bits per heavy atom. The fourth-order valence-electron chi connectivity index (χ4n) is 2.10. The lowest BCUT2D eigenvalue weighted by atomic mass is 10.0. The highest BCUT2D eigenvalue weighted by atomic mass is 79.9. The molecule has 0 saturated heterocycles. The zero-order valence-corrected chi connectivity index (χ0v) is 12.9. The number of hydrogen-bond donors (Lipinski definition) is 1. The average molecular weight is 327 g/mol. The van der Waals surface area contributed by atoms with Crippen molar-refractivity contribution < 1.29 is 9.53 Å². The highest BCUT2D eigenvalue weighted by Gasteiger charge is 2.22. The van der Waals surface area contributed by atoms with Crippen LogP contribution in [0.2, 0.25) is 0 Å². The Morgan fingerprint density at radius 3 is 3.11 bits per heavy atom. The normalized spacial score (nSPS) is 17.5. The van der Waals surface area contributed by atoms with Crippen LogP contribution < -0.4 is 10.1 Å². The van der Waals surface area contributed by atoms with Gasteiger partial charge in [-0.3, -0.25) is 4.79 Å². The van der Waals surface area contributed by atoms with E-state index < -0.39 is 0 Å². The SMILES string of the molecule is CCN(C)C(=O)CNC1CCOc2ccc(Br)cc21. The first-order chi connectivity index (χ1) is 9.11. The van der Waals surface area contributed by atoms with Crippen LogP contribution in [-0.4, -0.2) is 37.6 Å². The second-order valence-corrected chi connectivity index (χ2v) is 5.58. The molecule has 0 radical (unpaired) electrons. The fraction of sp³-hybridized carbons (Fsp3) is 0.500. The standard InChI is InChI=1S/C14H19BrN2O2/c1-3-17(2)14(18)9-16-12-6-7-19-13-5-4-10(15)8-11(12)13/h4-5,8,12,16H,3,6-7,9H2,1-2H3. The van der Waals surface area contributed by atoms with Gasteiger partial charge in [-0.2, -0.15) is 0 Å². The van der Waals surface area contributed by atoms with E-state index in [0.29, 0.717) is 13.2 Å². The molecular formula is C14H19BrN2O2. The maximum Gasteiger partial charge on any atom is 0.236 e. The van der Waals surface area contributed by atoms with Crippen molar-refractivity contribution in [2.24, 2.45) is 0 Å². The van der Waals surface area contributed by atoms with Crippen LogP contribution in [0.15, 0.2) is 22.7 Å². The van der Waals surface area contributed by atoms with E-state index in [4.69, 9.17) is 4.74 Å². The van der Waals surface area contributed by atoms with Crippen molar-refractivity contribution in [1.29, 1.82) is 0 Å². The van der Waals surface area contributed by atoms with Crippen molar-refractivity contribution in [3.05, 3.63) is 28.2 Å². The molecule has 104 valence electrons. The van der Waals surface area contributed by atoms with Crippen LogP contribution in [0, 0.1) is 0 Å². The molecule has 0 saturated carbocycles. The molecule has 0 spiro atoms. The summed E-state index contributed by atoms with van der Waals surface area (Å²) in [6.45, 7) is 3.75. The molecule has 1 heterocycles. The minimum absolute atomic E-state index is 0.116. The average Bonchev–Trinajstić information content (AvgIpc) is 2.43. The molecule has 2 rings (SSSR count). The molecule has 1 aliphatic heterocycles. The molecule has 5 heteroatoms. The third kappa shape index (κ3) is 3.48. The maximum absolute atomic E-state index is 11.8. The van der Waals surface area contributed by atoms with Gasteiger partial charge in [-0.05, 0) is 25.1 Å². The van der Waals surface area contributed by atoms with Crippen molar-refractivity contribution in [2.75, 3.05) is 26.7 Å². The molecule has 1 unspecified atom stereocenters. The number of carbonyl (C=O) groups excluding carboxylic acids is 1. The second-order valence-electron chi connectivity index (χ2n) is 4.66. The highest BCUT2D eigenvalue weighted by molar-refractivity contribution is 9.10. The third-order valence-corrected chi connectivity index (χ3v) is 3.90. The number of benzene rings is 1. The number of hydrogen-bond acceptors (Lipinski definition) is 3. The molecule has 0 aromatic heterocycles. The molecule has 1 atom stereocenters. The molecule has 1 aromatic carbocycles. The van der Waals surface area contributed by atoms with Crippen LogP contribution in [0.1, 0.15) is 24.9 Å². The van der Waals surface area contributed by atoms with Gasteiger partial charge in [0.1, 0.15) is 5.75 Å². The summed E-state index contributed by atoms with van der Waals surface area (Å²) in [5.74, 6) is 1.02. The Hall–Kier alpha value is -1.07. The molecule has 0 bridgehead atoms. The van der Waals surface area contributed by atoms with Gasteiger partial charge in [-0.1, -0.05) is 15.9 Å². The number of likely N-dealkylation sites (N-methyl/N-ethyl adjacent to an activating group) is 1. The largest absolute Gasteiger partial charge is 0.493 e. The molecule has 1 amide bonds. The lowest BCUT2D eigenvalue weighted by molar-refractivity contribution is -0.128. The molecule has 0 fully saturated rings. The Kier molecular flexibility index (Phi) is 4.82. The van der Waals surface area contributed by atoms with Gasteiger partial charge < -0.3 is 15.0 Å². The van der Waals surface area contributed by atoms with Crippen molar-refractivity contribution in [3.8, 4) is 5.75 Å². The number of carbonyl (C=O) groups is 1. The summed E-state index contributed by atoms with van der Waals surface area (Å²) in [4.78, 5) is 13.5. The first-order valence-electron chi connectivity index (χ1n) is 6.51. The summed E-state index contributed by atoms with van der Waals surface area (Å²) in [5.41, 5.74) is 1.12. The Balaban J connectivity index is 2.03. The van der Waals surface area contributed by atoms with E-state index in [2.05, 4.69) is 27.3 Å². The minimum Gasteiger partial charge on any atom is -0.493 e. The van der Waals surface area contributed by atoms with E-state index in [-0.39, 0.29) is 11.9 Å². The molecular weight excluding hydrogens is 308 g/mol. The number of halogens is 1. The number of nitrogens with one attached hydrogen (secondary N) is 1. The van der Waals surface area contributed by atoms with Crippen molar-refractivity contribution in [3.63, 3.8) is 0 Å². The number of fused-ring (bicyclic) bond motifs is 1. The van der Waals surface area contributed by atoms with E-state index in [9.17, 15) is 4.79 Å². The van der Waals surface area contributed by atoms with Gasteiger partial charge >= 0.3 is 0 Å². The van der Waals surface area contributed by atoms with Crippen molar-refractivity contribution in [1.82, 2.24) is 10.2 Å². The third-order valence-electron chi connectivity index (χ3n) is 3.41. The number of nitrogens with zero attached hydrogens (tertiary/aromatic N) is 1. The minimum atomic E-state index is 0.116. The van der Waals surface area contributed by atoms with Crippen LogP contribution in [0.3, 0.4) is 0 Å². The summed E-state index contributed by atoms with van der Waals surface area (Å²) in [7, 11) is 1.82. The summed E-state index contributed by atoms with van der Waals surface area (Å²) in [6, 6.07) is 6.17. The zero-order chi connectivity index (χ0) is 13.8. The Morgan fingerprint density at radius 2 is 2.37 bits per heavy atom. The van der Waals surface area contributed by atoms with E-state index in [1.165, 1.54) is 0 Å². The Labute approximate surface area is 122 Å². The van der Waals surface area contributed by atoms with Gasteiger partial charge in [0.2, 0.25) is 5.91 Å². The zero-order valence-electron chi connectivity index (χ0n) is 11.3. The number of amides is 1. The monoisotopic (exact) mass is 326 g/mol. The smallest absolute Gasteiger partial charge is 0.236 e. The lowest BCUT2D eigenvalue weighted by Crippen LogP contribution is -2.38. The summed E-state index contributed by atoms with van der Waals surface area (Å²) < 4.78 is 6.66. The van der Waals surface area contributed by atoms with Crippen molar-refractivity contribution in [2.45, 2.75) is 19.4 Å². The molecule has 4 nitrogen and oxygen atoms in total. The van der Waals surface area contributed by atoms with Crippen LogP contribution in [0.4, 0.5) is 0 Å². The first kappa shape index (κ1) is 14.3. The van der Waals surface area contributed by atoms with Gasteiger partial charge in [-0.15, -0.1) is 0 Å². The fourth-order valence-corrected chi connectivity index (χ4v) is 2.48. The van der Waals surface area contributed by atoms with E-state index in [1.807, 2.05) is 26.1 Å². The first-order valence-corrected chi connectivity index (χ1v) is 7.30. The van der Waals surface area contributed by atoms with Crippen LogP contribution in [0.25, 0.3) is 0 Å². The predicted molar refractivity (Wildman–Crippen MR) is 78.3 cm³/mol. The number of ether oxygens (including phenoxy) is 1. The quantitative estimate of drug-likeness (QED) is 0.923. The van der Waals surface area contributed by atoms with E-state index in [1.54, 1.807) is 4.90 Å². The van der Waals surface area contributed by atoms with Crippen LogP contribution >= 0.6 is 15.9 Å². The molecule has 0 aliphatic carbocycles. The van der Waals surface area contributed by atoms with Gasteiger partial charge in [-0.25, -0.2) is 0 Å². The van der Waals surface area contributed by atoms with Crippen LogP contribution in [-0.2, 0) is 4.79 Å². The van der Waals surface area contributed by atoms with Crippen LogP contribution in [0.5, 0.6) is 5.75 Å². The molecule has 1 aromatic rings. The molecule has 1 N–H and O–H groups in total.